The lowest BCUT2D eigenvalue weighted by molar-refractivity contribution is 0.256. The first-order valence-corrected chi connectivity index (χ1v) is 7.53. The zero-order valence-corrected chi connectivity index (χ0v) is 11.8. The van der Waals surface area contributed by atoms with Gasteiger partial charge in [0.2, 0.25) is 10.0 Å². The van der Waals surface area contributed by atoms with E-state index in [9.17, 15) is 8.42 Å². The minimum absolute atomic E-state index is 0.0268. The Hall–Kier alpha value is -1.42. The molecule has 0 heterocycles. The molecule has 0 radical (unpaired) electrons. The number of rotatable bonds is 6. The van der Waals surface area contributed by atoms with Crippen LogP contribution >= 0.6 is 0 Å². The first-order chi connectivity index (χ1) is 8.92. The van der Waals surface area contributed by atoms with E-state index in [0.717, 1.165) is 0 Å². The molecule has 0 aliphatic rings. The average molecular weight is 282 g/mol. The molecule has 1 aromatic rings. The van der Waals surface area contributed by atoms with Crippen LogP contribution in [0.1, 0.15) is 25.8 Å². The highest BCUT2D eigenvalue weighted by Gasteiger charge is 2.24. The molecule has 1 atom stereocenters. The Labute approximate surface area is 113 Å². The molecule has 0 bridgehead atoms. The summed E-state index contributed by atoms with van der Waals surface area (Å²) >= 11 is 0. The fraction of sp³-hybridized carbons (Fsp3) is 0.462. The molecule has 0 saturated carbocycles. The van der Waals surface area contributed by atoms with Gasteiger partial charge in [0, 0.05) is 12.6 Å². The average Bonchev–Trinajstić information content (AvgIpc) is 2.38. The molecule has 0 spiro atoms. The Morgan fingerprint density at radius 2 is 2.00 bits per heavy atom. The van der Waals surface area contributed by atoms with Crippen molar-refractivity contribution in [3.8, 4) is 6.07 Å². The maximum Gasteiger partial charge on any atom is 0.242 e. The molecule has 19 heavy (non-hydrogen) atoms. The molecule has 5 nitrogen and oxygen atoms in total. The first-order valence-electron chi connectivity index (χ1n) is 6.04. The highest BCUT2D eigenvalue weighted by molar-refractivity contribution is 7.89. The lowest BCUT2D eigenvalue weighted by atomic mass is 10.0. The second-order valence-corrected chi connectivity index (χ2v) is 6.27. The molecule has 104 valence electrons. The van der Waals surface area contributed by atoms with Crippen molar-refractivity contribution >= 4 is 10.0 Å². The van der Waals surface area contributed by atoms with Crippen molar-refractivity contribution in [3.05, 3.63) is 29.8 Å². The van der Waals surface area contributed by atoms with Gasteiger partial charge in [0.1, 0.15) is 6.07 Å². The molecule has 0 aromatic heterocycles. The molecule has 0 aliphatic heterocycles. The molecule has 2 N–H and O–H groups in total. The Morgan fingerprint density at radius 1 is 1.37 bits per heavy atom. The van der Waals surface area contributed by atoms with Gasteiger partial charge in [-0.05, 0) is 24.5 Å². The number of sulfonamides is 1. The van der Waals surface area contributed by atoms with E-state index in [1.54, 1.807) is 12.1 Å². The van der Waals surface area contributed by atoms with Gasteiger partial charge in [0.05, 0.1) is 10.5 Å². The fourth-order valence-corrected chi connectivity index (χ4v) is 3.30. The van der Waals surface area contributed by atoms with Crippen LogP contribution in [-0.4, -0.2) is 26.2 Å². The van der Waals surface area contributed by atoms with Gasteiger partial charge >= 0.3 is 0 Å². The molecule has 1 aromatic carbocycles. The second kappa shape index (κ2) is 6.66. The van der Waals surface area contributed by atoms with E-state index in [1.807, 2.05) is 19.9 Å². The van der Waals surface area contributed by atoms with E-state index in [4.69, 9.17) is 10.4 Å². The lowest BCUT2D eigenvalue weighted by Crippen LogP contribution is -2.39. The normalized spacial score (nSPS) is 13.2. The van der Waals surface area contributed by atoms with Crippen molar-refractivity contribution in [1.29, 1.82) is 5.26 Å². The Kier molecular flexibility index (Phi) is 5.48. The molecule has 0 fully saturated rings. The number of aliphatic hydroxyl groups excluding tert-OH is 1. The Balaban J connectivity index is 3.07. The molecule has 0 aliphatic carbocycles. The van der Waals surface area contributed by atoms with Crippen molar-refractivity contribution in [2.24, 2.45) is 5.92 Å². The third-order valence-corrected chi connectivity index (χ3v) is 4.40. The molecular formula is C13H18N2O3S. The zero-order chi connectivity index (χ0) is 14.5. The number of nitrogens with one attached hydrogen (secondary N) is 1. The summed E-state index contributed by atoms with van der Waals surface area (Å²) in [6, 6.07) is 7.56. The van der Waals surface area contributed by atoms with Crippen LogP contribution in [0.15, 0.2) is 29.2 Å². The largest absolute Gasteiger partial charge is 0.396 e. The van der Waals surface area contributed by atoms with E-state index in [2.05, 4.69) is 4.72 Å². The van der Waals surface area contributed by atoms with Crippen molar-refractivity contribution in [3.63, 3.8) is 0 Å². The number of hydrogen-bond donors (Lipinski definition) is 2. The smallest absolute Gasteiger partial charge is 0.242 e. The Bertz CT molecular complexity index is 561. The minimum Gasteiger partial charge on any atom is -0.396 e. The Morgan fingerprint density at radius 3 is 2.53 bits per heavy atom. The van der Waals surface area contributed by atoms with Gasteiger partial charge in [0.15, 0.2) is 0 Å². The van der Waals surface area contributed by atoms with Crippen molar-refractivity contribution < 1.29 is 13.5 Å². The summed E-state index contributed by atoms with van der Waals surface area (Å²) in [6.45, 7) is 3.66. The molecule has 1 unspecified atom stereocenters. The predicted octanol–water partition coefficient (Wildman–Crippen LogP) is 1.24. The van der Waals surface area contributed by atoms with E-state index in [0.29, 0.717) is 6.42 Å². The minimum atomic E-state index is -3.75. The summed E-state index contributed by atoms with van der Waals surface area (Å²) in [7, 11) is -3.75. The third-order valence-electron chi connectivity index (χ3n) is 2.85. The second-order valence-electron chi connectivity index (χ2n) is 4.59. The van der Waals surface area contributed by atoms with E-state index in [-0.39, 0.29) is 29.0 Å². The van der Waals surface area contributed by atoms with Gasteiger partial charge in [-0.1, -0.05) is 26.0 Å². The van der Waals surface area contributed by atoms with Crippen molar-refractivity contribution in [2.75, 3.05) is 6.61 Å². The number of nitrogens with zero attached hydrogens (tertiary/aromatic N) is 1. The van der Waals surface area contributed by atoms with E-state index < -0.39 is 10.0 Å². The molecule has 6 heteroatoms. The van der Waals surface area contributed by atoms with Crippen LogP contribution in [0.5, 0.6) is 0 Å². The van der Waals surface area contributed by atoms with Crippen LogP contribution in [0.2, 0.25) is 0 Å². The van der Waals surface area contributed by atoms with Crippen LogP contribution in [0.3, 0.4) is 0 Å². The summed E-state index contributed by atoms with van der Waals surface area (Å²) in [5.74, 6) is 0.0520. The maximum atomic E-state index is 12.3. The predicted molar refractivity (Wildman–Crippen MR) is 71.8 cm³/mol. The SMILES string of the molecule is CC(C)C(CCO)NS(=O)(=O)c1ccccc1C#N. The van der Waals surface area contributed by atoms with Gasteiger partial charge in [0.25, 0.3) is 0 Å². The van der Waals surface area contributed by atoms with Crippen molar-refractivity contribution in [1.82, 2.24) is 4.72 Å². The fourth-order valence-electron chi connectivity index (χ4n) is 1.72. The van der Waals surface area contributed by atoms with E-state index in [1.165, 1.54) is 12.1 Å². The number of nitriles is 1. The van der Waals surface area contributed by atoms with Gasteiger partial charge in [-0.15, -0.1) is 0 Å². The van der Waals surface area contributed by atoms with Crippen LogP contribution in [0.25, 0.3) is 0 Å². The summed E-state index contributed by atoms with van der Waals surface area (Å²) in [5.41, 5.74) is 0.113. The van der Waals surface area contributed by atoms with Gasteiger partial charge in [-0.25, -0.2) is 13.1 Å². The van der Waals surface area contributed by atoms with Crippen LogP contribution in [0, 0.1) is 17.2 Å². The number of aliphatic hydroxyl groups is 1. The highest BCUT2D eigenvalue weighted by Crippen LogP contribution is 2.17. The molecule has 0 saturated heterocycles. The van der Waals surface area contributed by atoms with Crippen LogP contribution in [0.4, 0.5) is 0 Å². The number of hydrogen-bond acceptors (Lipinski definition) is 4. The molecule has 0 amide bonds. The quantitative estimate of drug-likeness (QED) is 0.821. The standard InChI is InChI=1S/C13H18N2O3S/c1-10(2)12(7-8-16)15-19(17,18)13-6-4-3-5-11(13)9-14/h3-6,10,12,15-16H,7-8H2,1-2H3. The summed E-state index contributed by atoms with van der Waals surface area (Å²) in [5, 5.41) is 17.9. The number of benzene rings is 1. The van der Waals surface area contributed by atoms with Gasteiger partial charge in [-0.2, -0.15) is 5.26 Å². The van der Waals surface area contributed by atoms with Crippen molar-refractivity contribution in [2.45, 2.75) is 31.2 Å². The van der Waals surface area contributed by atoms with Gasteiger partial charge < -0.3 is 5.11 Å². The summed E-state index contributed by atoms with van der Waals surface area (Å²) in [6.07, 6.45) is 0.339. The van der Waals surface area contributed by atoms with E-state index >= 15 is 0 Å². The summed E-state index contributed by atoms with van der Waals surface area (Å²) < 4.78 is 27.1. The maximum absolute atomic E-state index is 12.3. The molecule has 1 rings (SSSR count). The van der Waals surface area contributed by atoms with Gasteiger partial charge in [-0.3, -0.25) is 0 Å². The van der Waals surface area contributed by atoms with Crippen LogP contribution in [-0.2, 0) is 10.0 Å². The summed E-state index contributed by atoms with van der Waals surface area (Å²) in [4.78, 5) is -0.0268. The monoisotopic (exact) mass is 282 g/mol. The first kappa shape index (κ1) is 15.6. The molecular weight excluding hydrogens is 264 g/mol. The van der Waals surface area contributed by atoms with Crippen LogP contribution < -0.4 is 4.72 Å². The topological polar surface area (TPSA) is 90.2 Å². The zero-order valence-electron chi connectivity index (χ0n) is 11.0. The third kappa shape index (κ3) is 4.03. The lowest BCUT2D eigenvalue weighted by Gasteiger charge is -2.21. The highest BCUT2D eigenvalue weighted by atomic mass is 32.2.